The molecule has 5 heteroatoms. The van der Waals surface area contributed by atoms with Crippen molar-refractivity contribution in [2.45, 2.75) is 58.4 Å². The summed E-state index contributed by atoms with van der Waals surface area (Å²) < 4.78 is 0. The molecule has 0 bridgehead atoms. The van der Waals surface area contributed by atoms with Crippen LogP contribution in [0.1, 0.15) is 52.4 Å². The second-order valence-corrected chi connectivity index (χ2v) is 5.65. The van der Waals surface area contributed by atoms with Crippen molar-refractivity contribution in [2.24, 2.45) is 11.8 Å². The fraction of sp³-hybridized carbons (Fsp3) is 0.857. The highest BCUT2D eigenvalue weighted by molar-refractivity contribution is 5.74. The van der Waals surface area contributed by atoms with Gasteiger partial charge in [-0.3, -0.25) is 4.79 Å². The molecule has 3 N–H and O–H groups in total. The number of hydrogen-bond donors (Lipinski definition) is 3. The van der Waals surface area contributed by atoms with Gasteiger partial charge in [-0.1, -0.05) is 26.7 Å². The van der Waals surface area contributed by atoms with Crippen LogP contribution in [0.3, 0.4) is 0 Å². The van der Waals surface area contributed by atoms with E-state index in [0.717, 1.165) is 6.42 Å². The Morgan fingerprint density at radius 1 is 1.32 bits per heavy atom. The van der Waals surface area contributed by atoms with E-state index in [4.69, 9.17) is 5.11 Å². The van der Waals surface area contributed by atoms with Gasteiger partial charge in [0.1, 0.15) is 0 Å². The Morgan fingerprint density at radius 2 is 2.00 bits per heavy atom. The van der Waals surface area contributed by atoms with Gasteiger partial charge in [-0.2, -0.15) is 0 Å². The molecule has 0 aromatic heterocycles. The monoisotopic (exact) mass is 270 g/mol. The fourth-order valence-electron chi connectivity index (χ4n) is 2.48. The summed E-state index contributed by atoms with van der Waals surface area (Å²) in [5.74, 6) is -0.574. The zero-order valence-electron chi connectivity index (χ0n) is 11.9. The number of nitrogens with one attached hydrogen (secondary N) is 2. The smallest absolute Gasteiger partial charge is 0.315 e. The van der Waals surface area contributed by atoms with Crippen LogP contribution >= 0.6 is 0 Å². The van der Waals surface area contributed by atoms with Crippen molar-refractivity contribution < 1.29 is 14.7 Å². The van der Waals surface area contributed by atoms with Gasteiger partial charge >= 0.3 is 12.0 Å². The Bertz CT molecular complexity index is 307. The second kappa shape index (κ2) is 8.02. The first-order valence-corrected chi connectivity index (χ1v) is 7.28. The standard InChI is InChI=1S/C14H26N2O3/c1-10-6-3-4-8-12(10)16-14(19)15-9-5-7-11(2)13(17)18/h10-12H,3-9H2,1-2H3,(H,17,18)(H2,15,16,19). The van der Waals surface area contributed by atoms with Gasteiger partial charge in [-0.25, -0.2) is 4.79 Å². The summed E-state index contributed by atoms with van der Waals surface area (Å²) in [6.07, 6.45) is 5.97. The van der Waals surface area contributed by atoms with E-state index in [2.05, 4.69) is 17.6 Å². The summed E-state index contributed by atoms with van der Waals surface area (Å²) >= 11 is 0. The first-order valence-electron chi connectivity index (χ1n) is 7.28. The maximum absolute atomic E-state index is 11.7. The molecule has 0 aromatic rings. The second-order valence-electron chi connectivity index (χ2n) is 5.65. The molecule has 110 valence electrons. The van der Waals surface area contributed by atoms with Crippen molar-refractivity contribution in [3.8, 4) is 0 Å². The first-order chi connectivity index (χ1) is 9.00. The third kappa shape index (κ3) is 5.94. The molecule has 1 aliphatic carbocycles. The molecule has 1 saturated carbocycles. The number of hydrogen-bond acceptors (Lipinski definition) is 2. The van der Waals surface area contributed by atoms with Crippen LogP contribution in [-0.2, 0) is 4.79 Å². The van der Waals surface area contributed by atoms with Gasteiger partial charge < -0.3 is 15.7 Å². The Hall–Kier alpha value is -1.26. The molecule has 19 heavy (non-hydrogen) atoms. The molecule has 3 unspecified atom stereocenters. The van der Waals surface area contributed by atoms with Crippen molar-refractivity contribution in [3.05, 3.63) is 0 Å². The number of amides is 2. The first kappa shape index (κ1) is 15.8. The molecule has 5 nitrogen and oxygen atoms in total. The maximum atomic E-state index is 11.7. The molecule has 0 aromatic carbocycles. The lowest BCUT2D eigenvalue weighted by Crippen LogP contribution is -2.46. The summed E-state index contributed by atoms with van der Waals surface area (Å²) in [7, 11) is 0. The molecule has 3 atom stereocenters. The third-order valence-corrected chi connectivity index (χ3v) is 3.95. The number of carbonyl (C=O) groups excluding carboxylic acids is 1. The van der Waals surface area contributed by atoms with Crippen LogP contribution in [0.25, 0.3) is 0 Å². The molecule has 0 spiro atoms. The molecule has 0 saturated heterocycles. The fourth-order valence-corrected chi connectivity index (χ4v) is 2.48. The van der Waals surface area contributed by atoms with Crippen molar-refractivity contribution in [1.82, 2.24) is 10.6 Å². The summed E-state index contributed by atoms with van der Waals surface area (Å²) in [5.41, 5.74) is 0. The predicted octanol–water partition coefficient (Wildman–Crippen LogP) is 2.37. The largest absolute Gasteiger partial charge is 0.481 e. The van der Waals surface area contributed by atoms with Gasteiger partial charge in [0.05, 0.1) is 5.92 Å². The molecule has 1 fully saturated rings. The minimum absolute atomic E-state index is 0.123. The van der Waals surface area contributed by atoms with Crippen LogP contribution in [0.15, 0.2) is 0 Å². The molecular formula is C14H26N2O3. The highest BCUT2D eigenvalue weighted by Crippen LogP contribution is 2.23. The summed E-state index contributed by atoms with van der Waals surface area (Å²) in [6, 6.07) is 0.161. The highest BCUT2D eigenvalue weighted by atomic mass is 16.4. The van der Waals surface area contributed by atoms with E-state index in [1.54, 1.807) is 6.92 Å². The van der Waals surface area contributed by atoms with E-state index in [-0.39, 0.29) is 18.0 Å². The lowest BCUT2D eigenvalue weighted by atomic mass is 9.86. The third-order valence-electron chi connectivity index (χ3n) is 3.95. The van der Waals surface area contributed by atoms with Crippen molar-refractivity contribution in [3.63, 3.8) is 0 Å². The average molecular weight is 270 g/mol. The zero-order valence-corrected chi connectivity index (χ0v) is 11.9. The van der Waals surface area contributed by atoms with E-state index in [1.165, 1.54) is 19.3 Å². The van der Waals surface area contributed by atoms with Gasteiger partial charge in [0.2, 0.25) is 0 Å². The Balaban J connectivity index is 2.12. The van der Waals surface area contributed by atoms with E-state index >= 15 is 0 Å². The van der Waals surface area contributed by atoms with Gasteiger partial charge in [-0.05, 0) is 31.6 Å². The van der Waals surface area contributed by atoms with E-state index in [0.29, 0.717) is 25.3 Å². The summed E-state index contributed by atoms with van der Waals surface area (Å²) in [5, 5.41) is 14.6. The number of urea groups is 1. The number of carbonyl (C=O) groups is 2. The minimum Gasteiger partial charge on any atom is -0.481 e. The maximum Gasteiger partial charge on any atom is 0.315 e. The lowest BCUT2D eigenvalue weighted by molar-refractivity contribution is -0.141. The summed E-state index contributed by atoms with van der Waals surface area (Å²) in [4.78, 5) is 22.3. The molecular weight excluding hydrogens is 244 g/mol. The van der Waals surface area contributed by atoms with E-state index in [9.17, 15) is 9.59 Å². The van der Waals surface area contributed by atoms with Gasteiger partial charge in [0.25, 0.3) is 0 Å². The van der Waals surface area contributed by atoms with Crippen LogP contribution in [0.2, 0.25) is 0 Å². The van der Waals surface area contributed by atoms with Crippen LogP contribution in [-0.4, -0.2) is 29.7 Å². The van der Waals surface area contributed by atoms with E-state index < -0.39 is 5.97 Å². The average Bonchev–Trinajstić information content (AvgIpc) is 2.37. The number of carboxylic acids is 1. The van der Waals surface area contributed by atoms with Crippen molar-refractivity contribution in [2.75, 3.05) is 6.54 Å². The molecule has 0 heterocycles. The van der Waals surface area contributed by atoms with Crippen LogP contribution in [0.5, 0.6) is 0 Å². The predicted molar refractivity (Wildman–Crippen MR) is 74.0 cm³/mol. The normalized spacial score (nSPS) is 24.5. The molecule has 0 radical (unpaired) electrons. The Morgan fingerprint density at radius 3 is 2.63 bits per heavy atom. The molecule has 0 aliphatic heterocycles. The van der Waals surface area contributed by atoms with Crippen molar-refractivity contribution in [1.29, 1.82) is 0 Å². The van der Waals surface area contributed by atoms with Gasteiger partial charge in [0, 0.05) is 12.6 Å². The van der Waals surface area contributed by atoms with Gasteiger partial charge in [0.15, 0.2) is 0 Å². The SMILES string of the molecule is CC(CCCNC(=O)NC1CCCCC1C)C(=O)O. The number of carboxylic acid groups (broad SMARTS) is 1. The molecule has 1 rings (SSSR count). The topological polar surface area (TPSA) is 78.4 Å². The zero-order chi connectivity index (χ0) is 14.3. The highest BCUT2D eigenvalue weighted by Gasteiger charge is 2.22. The van der Waals surface area contributed by atoms with E-state index in [1.807, 2.05) is 0 Å². The van der Waals surface area contributed by atoms with Gasteiger partial charge in [-0.15, -0.1) is 0 Å². The van der Waals surface area contributed by atoms with Crippen LogP contribution in [0, 0.1) is 11.8 Å². The molecule has 1 aliphatic rings. The quantitative estimate of drug-likeness (QED) is 0.648. The number of rotatable bonds is 6. The lowest BCUT2D eigenvalue weighted by Gasteiger charge is -2.29. The Labute approximate surface area is 115 Å². The molecule has 2 amide bonds. The minimum atomic E-state index is -0.777. The summed E-state index contributed by atoms with van der Waals surface area (Å²) in [6.45, 7) is 4.40. The van der Waals surface area contributed by atoms with Crippen LogP contribution < -0.4 is 10.6 Å². The van der Waals surface area contributed by atoms with Crippen molar-refractivity contribution >= 4 is 12.0 Å². The Kier molecular flexibility index (Phi) is 6.67. The van der Waals surface area contributed by atoms with Crippen LogP contribution in [0.4, 0.5) is 4.79 Å². The number of aliphatic carboxylic acids is 1.